The predicted octanol–water partition coefficient (Wildman–Crippen LogP) is 4.69. The third-order valence-electron chi connectivity index (χ3n) is 5.24. The summed E-state index contributed by atoms with van der Waals surface area (Å²) in [5.74, 6) is 1.03. The second kappa shape index (κ2) is 7.75. The first-order valence-electron chi connectivity index (χ1n) is 9.56. The van der Waals surface area contributed by atoms with Gasteiger partial charge in [0.2, 0.25) is 5.88 Å². The summed E-state index contributed by atoms with van der Waals surface area (Å²) in [7, 11) is 3.42. The van der Waals surface area contributed by atoms with Crippen LogP contribution in [0.5, 0.6) is 5.88 Å². The molecule has 0 fully saturated rings. The zero-order chi connectivity index (χ0) is 22.3. The Morgan fingerprint density at radius 2 is 1.97 bits per heavy atom. The van der Waals surface area contributed by atoms with Gasteiger partial charge in [-0.2, -0.15) is 10.5 Å². The molecule has 0 atom stereocenters. The Labute approximate surface area is 184 Å². The van der Waals surface area contributed by atoms with Crippen molar-refractivity contribution in [2.75, 3.05) is 7.11 Å². The third-order valence-corrected chi connectivity index (χ3v) is 6.28. The number of thiophene rings is 1. The van der Waals surface area contributed by atoms with E-state index in [1.54, 1.807) is 30.7 Å². The van der Waals surface area contributed by atoms with E-state index in [1.165, 1.54) is 0 Å². The maximum atomic E-state index is 9.90. The number of methoxy groups -OCH3 is 1. The predicted molar refractivity (Wildman–Crippen MR) is 121 cm³/mol. The van der Waals surface area contributed by atoms with Crippen molar-refractivity contribution in [1.82, 2.24) is 19.1 Å². The molecule has 0 aliphatic heterocycles. The SMILES string of the molecule is COc1cc2nc(/C(C#N)=C/c3cc(C)n(-c4sc(C)cc4C#N)c3C)n(C)c2cn1. The Morgan fingerprint density at radius 3 is 2.65 bits per heavy atom. The van der Waals surface area contributed by atoms with Gasteiger partial charge in [-0.15, -0.1) is 11.3 Å². The van der Waals surface area contributed by atoms with Gasteiger partial charge in [-0.1, -0.05) is 0 Å². The molecule has 31 heavy (non-hydrogen) atoms. The largest absolute Gasteiger partial charge is 0.481 e. The molecule has 4 heterocycles. The Bertz CT molecular complexity index is 1440. The molecule has 0 spiro atoms. The Balaban J connectivity index is 1.85. The summed E-state index contributed by atoms with van der Waals surface area (Å²) in [5, 5.41) is 20.3. The van der Waals surface area contributed by atoms with Crippen LogP contribution in [-0.4, -0.2) is 26.2 Å². The topological polar surface area (TPSA) is 92.5 Å². The van der Waals surface area contributed by atoms with Gasteiger partial charge in [-0.3, -0.25) is 0 Å². The van der Waals surface area contributed by atoms with E-state index in [1.807, 2.05) is 50.6 Å². The number of rotatable bonds is 4. The molecule has 8 heteroatoms. The number of hydrogen-bond donors (Lipinski definition) is 0. The van der Waals surface area contributed by atoms with Crippen molar-refractivity contribution < 1.29 is 4.74 Å². The summed E-state index contributed by atoms with van der Waals surface area (Å²) in [6, 6.07) is 10.2. The molecule has 0 aliphatic carbocycles. The lowest BCUT2D eigenvalue weighted by atomic mass is 10.1. The lowest BCUT2D eigenvalue weighted by molar-refractivity contribution is 0.398. The number of nitrogens with zero attached hydrogens (tertiary/aromatic N) is 6. The van der Waals surface area contributed by atoms with Crippen molar-refractivity contribution in [1.29, 1.82) is 10.5 Å². The highest BCUT2D eigenvalue weighted by Crippen LogP contribution is 2.32. The van der Waals surface area contributed by atoms with Crippen LogP contribution < -0.4 is 4.74 Å². The van der Waals surface area contributed by atoms with Crippen molar-refractivity contribution in [3.63, 3.8) is 0 Å². The first-order valence-corrected chi connectivity index (χ1v) is 10.4. The molecule has 0 aromatic carbocycles. The van der Waals surface area contributed by atoms with Crippen LogP contribution >= 0.6 is 11.3 Å². The monoisotopic (exact) mass is 428 g/mol. The van der Waals surface area contributed by atoms with Crippen molar-refractivity contribution in [2.24, 2.45) is 7.05 Å². The third kappa shape index (κ3) is 3.37. The van der Waals surface area contributed by atoms with E-state index < -0.39 is 0 Å². The van der Waals surface area contributed by atoms with Crippen LogP contribution in [0.3, 0.4) is 0 Å². The standard InChI is InChI=1S/C23H20N6OS/c1-13-6-16(15(3)29(13)23-18(11-25)7-14(2)31-23)8-17(10-24)22-27-19-9-21(30-5)26-12-20(19)28(22)4/h6-9,12H,1-5H3/b17-8+. The summed E-state index contributed by atoms with van der Waals surface area (Å²) < 4.78 is 9.11. The number of pyridine rings is 1. The summed E-state index contributed by atoms with van der Waals surface area (Å²) in [6.07, 6.45) is 3.53. The smallest absolute Gasteiger partial charge is 0.215 e. The highest BCUT2D eigenvalue weighted by Gasteiger charge is 2.18. The van der Waals surface area contributed by atoms with E-state index in [0.29, 0.717) is 28.4 Å². The zero-order valence-electron chi connectivity index (χ0n) is 17.9. The molecule has 154 valence electrons. The highest BCUT2D eigenvalue weighted by atomic mass is 32.1. The fourth-order valence-corrected chi connectivity index (χ4v) is 4.79. The first-order chi connectivity index (χ1) is 14.9. The minimum atomic E-state index is 0.445. The molecule has 4 aromatic rings. The zero-order valence-corrected chi connectivity index (χ0v) is 18.7. The van der Waals surface area contributed by atoms with E-state index >= 15 is 0 Å². The van der Waals surface area contributed by atoms with Gasteiger partial charge in [0.25, 0.3) is 0 Å². The van der Waals surface area contributed by atoms with Gasteiger partial charge in [0.05, 0.1) is 35.5 Å². The quantitative estimate of drug-likeness (QED) is 0.440. The van der Waals surface area contributed by atoms with Gasteiger partial charge in [-0.05, 0) is 44.5 Å². The summed E-state index contributed by atoms with van der Waals surface area (Å²) in [6.45, 7) is 5.99. The molecule has 4 aromatic heterocycles. The minimum Gasteiger partial charge on any atom is -0.481 e. The first kappa shape index (κ1) is 20.4. The van der Waals surface area contributed by atoms with Crippen molar-refractivity contribution >= 4 is 34.0 Å². The molecule has 0 amide bonds. The number of hydrogen-bond acceptors (Lipinski definition) is 6. The normalized spacial score (nSPS) is 11.5. The van der Waals surface area contributed by atoms with E-state index in [4.69, 9.17) is 4.74 Å². The van der Waals surface area contributed by atoms with Crippen LogP contribution in [-0.2, 0) is 7.05 Å². The van der Waals surface area contributed by atoms with Gasteiger partial charge >= 0.3 is 0 Å². The highest BCUT2D eigenvalue weighted by molar-refractivity contribution is 7.14. The van der Waals surface area contributed by atoms with Crippen LogP contribution in [0.15, 0.2) is 24.4 Å². The number of imidazole rings is 1. The molecule has 0 unspecified atom stereocenters. The Kier molecular flexibility index (Phi) is 5.10. The van der Waals surface area contributed by atoms with Gasteiger partial charge in [0.15, 0.2) is 5.82 Å². The summed E-state index contributed by atoms with van der Waals surface area (Å²) >= 11 is 1.58. The van der Waals surface area contributed by atoms with Crippen molar-refractivity contribution in [3.8, 4) is 23.0 Å². The molecular weight excluding hydrogens is 408 g/mol. The molecule has 4 rings (SSSR count). The van der Waals surface area contributed by atoms with Crippen LogP contribution in [0, 0.1) is 43.4 Å². The van der Waals surface area contributed by atoms with Crippen LogP contribution in [0.4, 0.5) is 0 Å². The lowest BCUT2D eigenvalue weighted by Crippen LogP contribution is -1.99. The average molecular weight is 429 g/mol. The fourth-order valence-electron chi connectivity index (χ4n) is 3.72. The fraction of sp³-hybridized carbons (Fsp3) is 0.217. The van der Waals surface area contributed by atoms with Crippen LogP contribution in [0.2, 0.25) is 0 Å². The Hall–Kier alpha value is -3.88. The van der Waals surface area contributed by atoms with Crippen LogP contribution in [0.25, 0.3) is 27.7 Å². The molecule has 0 saturated carbocycles. The molecular formula is C23H20N6OS. The van der Waals surface area contributed by atoms with Gasteiger partial charge in [0.1, 0.15) is 17.1 Å². The second-order valence-corrected chi connectivity index (χ2v) is 8.46. The average Bonchev–Trinajstić information content (AvgIpc) is 3.38. The molecule has 7 nitrogen and oxygen atoms in total. The molecule has 0 bridgehead atoms. The van der Waals surface area contributed by atoms with Gasteiger partial charge in [-0.25, -0.2) is 9.97 Å². The number of nitriles is 2. The lowest BCUT2D eigenvalue weighted by Gasteiger charge is -2.07. The maximum absolute atomic E-state index is 9.90. The van der Waals surface area contributed by atoms with E-state index in [2.05, 4.69) is 26.7 Å². The maximum Gasteiger partial charge on any atom is 0.215 e. The van der Waals surface area contributed by atoms with Crippen LogP contribution in [0.1, 0.15) is 33.2 Å². The van der Waals surface area contributed by atoms with E-state index in [0.717, 1.165) is 32.3 Å². The number of fused-ring (bicyclic) bond motifs is 1. The minimum absolute atomic E-state index is 0.445. The molecule has 0 N–H and O–H groups in total. The number of allylic oxidation sites excluding steroid dienone is 1. The second-order valence-electron chi connectivity index (χ2n) is 7.23. The number of aromatic nitrogens is 4. The molecule has 0 radical (unpaired) electrons. The molecule has 0 aliphatic rings. The number of ether oxygens (including phenoxy) is 1. The van der Waals surface area contributed by atoms with Crippen molar-refractivity contribution in [3.05, 3.63) is 57.6 Å². The van der Waals surface area contributed by atoms with Gasteiger partial charge < -0.3 is 13.9 Å². The van der Waals surface area contributed by atoms with Crippen molar-refractivity contribution in [2.45, 2.75) is 20.8 Å². The number of aryl methyl sites for hydroxylation is 3. The molecule has 0 saturated heterocycles. The van der Waals surface area contributed by atoms with E-state index in [-0.39, 0.29) is 0 Å². The summed E-state index contributed by atoms with van der Waals surface area (Å²) in [5.41, 5.74) is 5.49. The Morgan fingerprint density at radius 1 is 1.19 bits per heavy atom. The van der Waals surface area contributed by atoms with E-state index in [9.17, 15) is 10.5 Å². The van der Waals surface area contributed by atoms with Gasteiger partial charge in [0, 0.05) is 29.4 Å². The summed E-state index contributed by atoms with van der Waals surface area (Å²) in [4.78, 5) is 9.96.